The molecule has 0 fully saturated rings. The average Bonchev–Trinajstić information content (AvgIpc) is 2.47. The van der Waals surface area contributed by atoms with Gasteiger partial charge < -0.3 is 10.5 Å². The first-order valence-corrected chi connectivity index (χ1v) is 6.07. The van der Waals surface area contributed by atoms with Gasteiger partial charge in [-0.1, -0.05) is 36.4 Å². The molecule has 5 heteroatoms. The van der Waals surface area contributed by atoms with Crippen LogP contribution in [0.4, 0.5) is 13.2 Å². The fourth-order valence-electron chi connectivity index (χ4n) is 1.72. The second kappa shape index (κ2) is 5.96. The van der Waals surface area contributed by atoms with Crippen molar-refractivity contribution in [2.45, 2.75) is 12.5 Å². The Kier molecular flexibility index (Phi) is 4.29. The summed E-state index contributed by atoms with van der Waals surface area (Å²) < 4.78 is 46.2. The van der Waals surface area contributed by atoms with E-state index in [2.05, 4.69) is 0 Å². The van der Waals surface area contributed by atoms with Gasteiger partial charge in [0.1, 0.15) is 0 Å². The van der Waals surface area contributed by atoms with E-state index in [1.165, 1.54) is 36.4 Å². The first kappa shape index (κ1) is 14.4. The molecule has 0 aliphatic heterocycles. The third kappa shape index (κ3) is 3.30. The lowest BCUT2D eigenvalue weighted by Gasteiger charge is -2.17. The van der Waals surface area contributed by atoms with Crippen molar-refractivity contribution in [1.82, 2.24) is 0 Å². The smallest absolute Gasteiger partial charge is 0.306 e. The summed E-state index contributed by atoms with van der Waals surface area (Å²) in [4.78, 5) is 0. The summed E-state index contributed by atoms with van der Waals surface area (Å²) in [6.07, 6.45) is 0. The van der Waals surface area contributed by atoms with Gasteiger partial charge in [-0.25, -0.2) is 4.39 Å². The summed E-state index contributed by atoms with van der Waals surface area (Å²) in [5.41, 5.74) is 5.77. The van der Waals surface area contributed by atoms with Crippen molar-refractivity contribution in [2.24, 2.45) is 5.73 Å². The predicted octanol–water partition coefficient (Wildman–Crippen LogP) is 3.46. The van der Waals surface area contributed by atoms with E-state index in [9.17, 15) is 13.2 Å². The minimum absolute atomic E-state index is 0.168. The zero-order valence-corrected chi connectivity index (χ0v) is 10.7. The first-order chi connectivity index (χ1) is 9.53. The Labute approximate surface area is 115 Å². The summed E-state index contributed by atoms with van der Waals surface area (Å²) in [6, 6.07) is 11.3. The van der Waals surface area contributed by atoms with Crippen molar-refractivity contribution in [3.8, 4) is 5.75 Å². The predicted molar refractivity (Wildman–Crippen MR) is 70.1 cm³/mol. The molecule has 2 nitrogen and oxygen atoms in total. The van der Waals surface area contributed by atoms with E-state index in [-0.39, 0.29) is 17.9 Å². The molecule has 2 aromatic rings. The van der Waals surface area contributed by atoms with Crippen LogP contribution in [0.25, 0.3) is 0 Å². The van der Waals surface area contributed by atoms with Gasteiger partial charge in [0.05, 0.1) is 0 Å². The van der Waals surface area contributed by atoms with Gasteiger partial charge in [-0.2, -0.15) is 8.78 Å². The lowest BCUT2D eigenvalue weighted by molar-refractivity contribution is -0.0475. The highest BCUT2D eigenvalue weighted by atomic mass is 19.3. The maximum Gasteiger partial charge on any atom is 0.306 e. The third-order valence-electron chi connectivity index (χ3n) is 2.84. The standard InChI is InChI=1S/C15H14F3NO/c16-13-8-11(9-19)6-7-14(13)20-10-15(17,18)12-4-2-1-3-5-12/h1-8H,9-10,19H2. The van der Waals surface area contributed by atoms with Crippen LogP contribution in [0.5, 0.6) is 5.75 Å². The molecule has 2 rings (SSSR count). The Morgan fingerprint density at radius 2 is 1.75 bits per heavy atom. The Hall–Kier alpha value is -2.01. The van der Waals surface area contributed by atoms with Gasteiger partial charge >= 0.3 is 5.92 Å². The average molecular weight is 281 g/mol. The number of alkyl halides is 2. The zero-order valence-electron chi connectivity index (χ0n) is 10.7. The number of nitrogens with two attached hydrogens (primary N) is 1. The van der Waals surface area contributed by atoms with E-state index in [1.807, 2.05) is 0 Å². The zero-order chi connectivity index (χ0) is 14.6. The second-order valence-electron chi connectivity index (χ2n) is 4.33. The summed E-state index contributed by atoms with van der Waals surface area (Å²) in [7, 11) is 0. The summed E-state index contributed by atoms with van der Waals surface area (Å²) in [5.74, 6) is -4.09. The molecule has 106 valence electrons. The third-order valence-corrected chi connectivity index (χ3v) is 2.84. The van der Waals surface area contributed by atoms with Gasteiger partial charge in [0, 0.05) is 12.1 Å². The van der Waals surface area contributed by atoms with Crippen LogP contribution in [0, 0.1) is 5.82 Å². The number of hydrogen-bond acceptors (Lipinski definition) is 2. The molecular weight excluding hydrogens is 267 g/mol. The minimum atomic E-state index is -3.18. The molecule has 0 aliphatic rings. The van der Waals surface area contributed by atoms with Crippen LogP contribution in [-0.2, 0) is 12.5 Å². The van der Waals surface area contributed by atoms with Crippen LogP contribution in [0.2, 0.25) is 0 Å². The van der Waals surface area contributed by atoms with Crippen LogP contribution in [0.3, 0.4) is 0 Å². The number of halogens is 3. The summed E-state index contributed by atoms with van der Waals surface area (Å²) >= 11 is 0. The van der Waals surface area contributed by atoms with Gasteiger partial charge in [-0.05, 0) is 17.7 Å². The molecule has 20 heavy (non-hydrogen) atoms. The molecule has 0 spiro atoms. The van der Waals surface area contributed by atoms with Gasteiger partial charge in [-0.3, -0.25) is 0 Å². The van der Waals surface area contributed by atoms with Gasteiger partial charge in [0.25, 0.3) is 0 Å². The maximum absolute atomic E-state index is 13.9. The molecule has 0 amide bonds. The van der Waals surface area contributed by atoms with Crippen LogP contribution in [0.15, 0.2) is 48.5 Å². The van der Waals surface area contributed by atoms with Crippen LogP contribution < -0.4 is 10.5 Å². The molecule has 2 aromatic carbocycles. The van der Waals surface area contributed by atoms with Crippen LogP contribution in [-0.4, -0.2) is 6.61 Å². The number of benzene rings is 2. The molecule has 0 bridgehead atoms. The van der Waals surface area contributed by atoms with E-state index < -0.39 is 18.3 Å². The highest BCUT2D eigenvalue weighted by Crippen LogP contribution is 2.29. The molecule has 0 radical (unpaired) electrons. The fourth-order valence-corrected chi connectivity index (χ4v) is 1.72. The fraction of sp³-hybridized carbons (Fsp3) is 0.200. The Morgan fingerprint density at radius 3 is 2.35 bits per heavy atom. The van der Waals surface area contributed by atoms with E-state index >= 15 is 0 Å². The van der Waals surface area contributed by atoms with Crippen molar-refractivity contribution < 1.29 is 17.9 Å². The highest BCUT2D eigenvalue weighted by Gasteiger charge is 2.32. The molecular formula is C15H14F3NO. The van der Waals surface area contributed by atoms with Gasteiger partial charge in [0.2, 0.25) is 0 Å². The van der Waals surface area contributed by atoms with Crippen LogP contribution in [0.1, 0.15) is 11.1 Å². The molecule has 0 atom stereocenters. The molecule has 0 unspecified atom stereocenters. The SMILES string of the molecule is NCc1ccc(OCC(F)(F)c2ccccc2)c(F)c1. The first-order valence-electron chi connectivity index (χ1n) is 6.07. The lowest BCUT2D eigenvalue weighted by atomic mass is 10.1. The monoisotopic (exact) mass is 281 g/mol. The maximum atomic E-state index is 13.9. The molecule has 0 saturated carbocycles. The van der Waals surface area contributed by atoms with Crippen molar-refractivity contribution in [3.05, 3.63) is 65.5 Å². The van der Waals surface area contributed by atoms with E-state index in [0.29, 0.717) is 5.56 Å². The Morgan fingerprint density at radius 1 is 1.05 bits per heavy atom. The highest BCUT2D eigenvalue weighted by molar-refractivity contribution is 5.29. The van der Waals surface area contributed by atoms with E-state index in [4.69, 9.17) is 10.5 Å². The van der Waals surface area contributed by atoms with Crippen molar-refractivity contribution in [2.75, 3.05) is 6.61 Å². The van der Waals surface area contributed by atoms with E-state index in [0.717, 1.165) is 0 Å². The van der Waals surface area contributed by atoms with Crippen molar-refractivity contribution >= 4 is 0 Å². The van der Waals surface area contributed by atoms with Gasteiger partial charge in [0.15, 0.2) is 18.2 Å². The molecule has 2 N–H and O–H groups in total. The number of hydrogen-bond donors (Lipinski definition) is 1. The number of rotatable bonds is 5. The minimum Gasteiger partial charge on any atom is -0.484 e. The topological polar surface area (TPSA) is 35.2 Å². The van der Waals surface area contributed by atoms with Crippen molar-refractivity contribution in [3.63, 3.8) is 0 Å². The Bertz CT molecular complexity index is 573. The quantitative estimate of drug-likeness (QED) is 0.911. The molecule has 0 aliphatic carbocycles. The van der Waals surface area contributed by atoms with Crippen LogP contribution >= 0.6 is 0 Å². The van der Waals surface area contributed by atoms with Gasteiger partial charge in [-0.15, -0.1) is 0 Å². The largest absolute Gasteiger partial charge is 0.484 e. The molecule has 0 heterocycles. The summed E-state index contributed by atoms with van der Waals surface area (Å²) in [5, 5.41) is 0. The normalized spacial score (nSPS) is 11.4. The summed E-state index contributed by atoms with van der Waals surface area (Å²) in [6.45, 7) is -0.743. The lowest BCUT2D eigenvalue weighted by Crippen LogP contribution is -2.23. The molecule has 0 saturated heterocycles. The second-order valence-corrected chi connectivity index (χ2v) is 4.33. The Balaban J connectivity index is 2.08. The van der Waals surface area contributed by atoms with Crippen molar-refractivity contribution in [1.29, 1.82) is 0 Å². The molecule has 0 aromatic heterocycles. The van der Waals surface area contributed by atoms with E-state index in [1.54, 1.807) is 12.1 Å². The number of ether oxygens (including phenoxy) is 1.